The van der Waals surface area contributed by atoms with Gasteiger partial charge in [0.05, 0.1) is 6.20 Å². The maximum Gasteiger partial charge on any atom is 0.271 e. The number of carbonyl (C=O) groups excluding carboxylic acids is 1. The summed E-state index contributed by atoms with van der Waals surface area (Å²) in [6.07, 6.45) is 2.31. The van der Waals surface area contributed by atoms with Gasteiger partial charge in [0, 0.05) is 18.6 Å². The van der Waals surface area contributed by atoms with Crippen molar-refractivity contribution in [3.05, 3.63) is 28.4 Å². The molecule has 70 valence electrons. The number of aromatic amines is 1. The van der Waals surface area contributed by atoms with E-state index in [1.54, 1.807) is 0 Å². The topological polar surface area (TPSA) is 74.8 Å². The zero-order valence-corrected chi connectivity index (χ0v) is 7.47. The van der Waals surface area contributed by atoms with E-state index >= 15 is 0 Å². The zero-order chi connectivity index (χ0) is 9.68. The molecule has 1 rings (SSSR count). The monoisotopic (exact) mass is 201 g/mol. The molecule has 6 heteroatoms. The molecule has 0 fully saturated rings. The Hall–Kier alpha value is -1.36. The summed E-state index contributed by atoms with van der Waals surface area (Å²) in [5.41, 5.74) is -0.168. The summed E-state index contributed by atoms with van der Waals surface area (Å²) in [6, 6.07) is 0. The first-order valence-corrected chi connectivity index (χ1v) is 4.16. The number of alkyl halides is 1. The van der Waals surface area contributed by atoms with Crippen LogP contribution in [0, 0.1) is 0 Å². The molecule has 1 heterocycles. The van der Waals surface area contributed by atoms with Crippen molar-refractivity contribution in [2.24, 2.45) is 0 Å². The fraction of sp³-hybridized carbons (Fsp3) is 0.286. The van der Waals surface area contributed by atoms with Gasteiger partial charge in [-0.05, 0) is 0 Å². The van der Waals surface area contributed by atoms with Crippen LogP contribution in [0.15, 0.2) is 17.2 Å². The minimum Gasteiger partial charge on any atom is -0.349 e. The summed E-state index contributed by atoms with van der Waals surface area (Å²) in [4.78, 5) is 27.7. The zero-order valence-electron chi connectivity index (χ0n) is 6.71. The first kappa shape index (κ1) is 9.73. The molecule has 0 unspecified atom stereocenters. The molecule has 1 aromatic heterocycles. The molecule has 0 saturated carbocycles. The number of aromatic nitrogens is 2. The first-order valence-electron chi connectivity index (χ1n) is 3.63. The Morgan fingerprint density at radius 1 is 1.69 bits per heavy atom. The molecule has 5 nitrogen and oxygen atoms in total. The Balaban J connectivity index is 2.66. The molecule has 2 N–H and O–H groups in total. The van der Waals surface area contributed by atoms with Crippen LogP contribution in [0.4, 0.5) is 0 Å². The van der Waals surface area contributed by atoms with E-state index in [4.69, 9.17) is 11.6 Å². The molecule has 13 heavy (non-hydrogen) atoms. The highest BCUT2D eigenvalue weighted by Gasteiger charge is 2.04. The van der Waals surface area contributed by atoms with Crippen LogP contribution in [-0.4, -0.2) is 28.3 Å². The minimum absolute atomic E-state index is 0.171. The molecule has 0 aliphatic carbocycles. The van der Waals surface area contributed by atoms with Gasteiger partial charge in [0.1, 0.15) is 5.69 Å². The van der Waals surface area contributed by atoms with Crippen LogP contribution in [0.3, 0.4) is 0 Å². The number of nitrogens with zero attached hydrogens (tertiary/aromatic N) is 1. The molecular formula is C7H8ClN3O2. The van der Waals surface area contributed by atoms with Gasteiger partial charge in [0.25, 0.3) is 11.5 Å². The van der Waals surface area contributed by atoms with Crippen molar-refractivity contribution in [2.45, 2.75) is 0 Å². The number of halogens is 1. The summed E-state index contributed by atoms with van der Waals surface area (Å²) in [7, 11) is 0. The standard InChI is InChI=1S/C7H8ClN3O2/c8-1-2-9-7(13)5-3-11-6(12)4-10-5/h3-4H,1-2H2,(H,9,13)(H,11,12). The number of nitrogens with one attached hydrogen (secondary N) is 2. The summed E-state index contributed by atoms with van der Waals surface area (Å²) in [6.45, 7) is 0.376. The summed E-state index contributed by atoms with van der Waals surface area (Å²) < 4.78 is 0. The molecule has 0 aliphatic heterocycles. The summed E-state index contributed by atoms with van der Waals surface area (Å²) in [5.74, 6) is -0.00774. The Bertz CT molecular complexity index is 329. The molecule has 1 aromatic rings. The lowest BCUT2D eigenvalue weighted by Crippen LogP contribution is -2.27. The lowest BCUT2D eigenvalue weighted by Gasteiger charge is -2.00. The van der Waals surface area contributed by atoms with Crippen LogP contribution >= 0.6 is 11.6 Å². The average Bonchev–Trinajstić information content (AvgIpc) is 2.15. The maximum absolute atomic E-state index is 11.2. The van der Waals surface area contributed by atoms with Crippen LogP contribution < -0.4 is 10.9 Å². The van der Waals surface area contributed by atoms with Gasteiger partial charge in [0.2, 0.25) is 0 Å². The van der Waals surface area contributed by atoms with E-state index in [1.807, 2.05) is 0 Å². The molecule has 0 spiro atoms. The van der Waals surface area contributed by atoms with E-state index in [2.05, 4.69) is 15.3 Å². The van der Waals surface area contributed by atoms with Crippen LogP contribution in [0.1, 0.15) is 10.5 Å². The van der Waals surface area contributed by atoms with Gasteiger partial charge in [-0.25, -0.2) is 4.98 Å². The minimum atomic E-state index is -0.350. The summed E-state index contributed by atoms with van der Waals surface area (Å²) in [5, 5.41) is 2.51. The van der Waals surface area contributed by atoms with Crippen molar-refractivity contribution in [2.75, 3.05) is 12.4 Å². The highest BCUT2D eigenvalue weighted by atomic mass is 35.5. The number of hydrogen-bond donors (Lipinski definition) is 2. The first-order chi connectivity index (χ1) is 6.24. The highest BCUT2D eigenvalue weighted by molar-refractivity contribution is 6.18. The largest absolute Gasteiger partial charge is 0.349 e. The van der Waals surface area contributed by atoms with E-state index in [-0.39, 0.29) is 17.2 Å². The molecule has 0 bridgehead atoms. The van der Waals surface area contributed by atoms with Crippen molar-refractivity contribution < 1.29 is 4.79 Å². The number of carbonyl (C=O) groups is 1. The van der Waals surface area contributed by atoms with E-state index in [1.165, 1.54) is 6.20 Å². The molecule has 0 atom stereocenters. The van der Waals surface area contributed by atoms with Crippen molar-refractivity contribution >= 4 is 17.5 Å². The molecule has 0 aromatic carbocycles. The average molecular weight is 202 g/mol. The fourth-order valence-corrected chi connectivity index (χ4v) is 0.812. The normalized spacial score (nSPS) is 9.62. The maximum atomic E-state index is 11.2. The SMILES string of the molecule is O=C(NCCCl)c1c[nH]c(=O)cn1. The second-order valence-electron chi connectivity index (χ2n) is 2.24. The number of hydrogen-bond acceptors (Lipinski definition) is 3. The van der Waals surface area contributed by atoms with Gasteiger partial charge in [-0.3, -0.25) is 9.59 Å². The van der Waals surface area contributed by atoms with E-state index in [9.17, 15) is 9.59 Å². The van der Waals surface area contributed by atoms with E-state index < -0.39 is 0 Å². The molecule has 0 aliphatic rings. The second-order valence-corrected chi connectivity index (χ2v) is 2.62. The Morgan fingerprint density at radius 3 is 3.00 bits per heavy atom. The van der Waals surface area contributed by atoms with E-state index in [0.29, 0.717) is 12.4 Å². The Labute approximate surface area is 79.1 Å². The van der Waals surface area contributed by atoms with Crippen molar-refractivity contribution in [3.63, 3.8) is 0 Å². The number of H-pyrrole nitrogens is 1. The molecular weight excluding hydrogens is 194 g/mol. The summed E-state index contributed by atoms with van der Waals surface area (Å²) >= 11 is 5.37. The smallest absolute Gasteiger partial charge is 0.271 e. The van der Waals surface area contributed by atoms with Gasteiger partial charge >= 0.3 is 0 Å². The van der Waals surface area contributed by atoms with Crippen molar-refractivity contribution in [3.8, 4) is 0 Å². The van der Waals surface area contributed by atoms with E-state index in [0.717, 1.165) is 6.20 Å². The van der Waals surface area contributed by atoms with Crippen molar-refractivity contribution in [1.82, 2.24) is 15.3 Å². The Kier molecular flexibility index (Phi) is 3.45. The second kappa shape index (κ2) is 4.61. The predicted octanol–water partition coefficient (Wildman–Crippen LogP) is -0.262. The molecule has 0 saturated heterocycles. The lowest BCUT2D eigenvalue weighted by molar-refractivity contribution is 0.0950. The van der Waals surface area contributed by atoms with Crippen LogP contribution in [0.2, 0.25) is 0 Å². The van der Waals surface area contributed by atoms with Crippen LogP contribution in [0.25, 0.3) is 0 Å². The highest BCUT2D eigenvalue weighted by Crippen LogP contribution is 1.86. The Morgan fingerprint density at radius 2 is 2.46 bits per heavy atom. The van der Waals surface area contributed by atoms with Crippen molar-refractivity contribution in [1.29, 1.82) is 0 Å². The third kappa shape index (κ3) is 2.87. The van der Waals surface area contributed by atoms with Gasteiger partial charge < -0.3 is 10.3 Å². The molecule has 1 amide bonds. The van der Waals surface area contributed by atoms with Crippen LogP contribution in [-0.2, 0) is 0 Å². The quantitative estimate of drug-likeness (QED) is 0.662. The number of rotatable bonds is 3. The van der Waals surface area contributed by atoms with Gasteiger partial charge in [-0.15, -0.1) is 11.6 Å². The van der Waals surface area contributed by atoms with Gasteiger partial charge in [0.15, 0.2) is 0 Å². The third-order valence-corrected chi connectivity index (χ3v) is 1.47. The number of amides is 1. The predicted molar refractivity (Wildman–Crippen MR) is 47.9 cm³/mol. The van der Waals surface area contributed by atoms with Gasteiger partial charge in [-0.1, -0.05) is 0 Å². The molecule has 0 radical (unpaired) electrons. The van der Waals surface area contributed by atoms with Crippen LogP contribution in [0.5, 0.6) is 0 Å². The van der Waals surface area contributed by atoms with Gasteiger partial charge in [-0.2, -0.15) is 0 Å². The fourth-order valence-electron chi connectivity index (χ4n) is 0.718. The third-order valence-electron chi connectivity index (χ3n) is 1.28. The lowest BCUT2D eigenvalue weighted by atomic mass is 10.4.